The second kappa shape index (κ2) is 5.30. The van der Waals surface area contributed by atoms with Crippen LogP contribution < -0.4 is 0 Å². The molecule has 2 nitrogen and oxygen atoms in total. The molecule has 2 rings (SSSR count). The van der Waals surface area contributed by atoms with Gasteiger partial charge in [-0.3, -0.25) is 0 Å². The summed E-state index contributed by atoms with van der Waals surface area (Å²) in [5.41, 5.74) is 4.27. The highest BCUT2D eigenvalue weighted by Gasteiger charge is 2.05. The highest BCUT2D eigenvalue weighted by molar-refractivity contribution is 5.85. The molecule has 0 fully saturated rings. The molecular formula is C15H15NO. The van der Waals surface area contributed by atoms with E-state index in [9.17, 15) is 0 Å². The molecule has 86 valence electrons. The van der Waals surface area contributed by atoms with Crippen LogP contribution in [0, 0.1) is 0 Å². The highest BCUT2D eigenvalue weighted by atomic mass is 16.4. The van der Waals surface area contributed by atoms with Crippen LogP contribution in [0.2, 0.25) is 0 Å². The molecular weight excluding hydrogens is 210 g/mol. The van der Waals surface area contributed by atoms with Gasteiger partial charge in [0.1, 0.15) is 0 Å². The van der Waals surface area contributed by atoms with Gasteiger partial charge in [0.15, 0.2) is 0 Å². The second-order valence-corrected chi connectivity index (χ2v) is 4.04. The van der Waals surface area contributed by atoms with E-state index in [0.29, 0.717) is 12.1 Å². The Labute approximate surface area is 101 Å². The average molecular weight is 225 g/mol. The normalized spacial score (nSPS) is 11.5. The molecule has 0 saturated carbocycles. The van der Waals surface area contributed by atoms with Crippen LogP contribution in [0.25, 0.3) is 11.1 Å². The van der Waals surface area contributed by atoms with E-state index in [0.717, 1.165) is 0 Å². The Morgan fingerprint density at radius 3 is 2.35 bits per heavy atom. The summed E-state index contributed by atoms with van der Waals surface area (Å²) in [5, 5.41) is 12.0. The van der Waals surface area contributed by atoms with Crippen molar-refractivity contribution in [3.05, 3.63) is 60.2 Å². The van der Waals surface area contributed by atoms with Crippen LogP contribution in [-0.4, -0.2) is 10.9 Å². The number of nitrogens with zero attached hydrogens (tertiary/aromatic N) is 1. The number of benzene rings is 2. The van der Waals surface area contributed by atoms with E-state index in [1.165, 1.54) is 16.7 Å². The number of hydrogen-bond donors (Lipinski definition) is 1. The van der Waals surface area contributed by atoms with E-state index in [2.05, 4.69) is 29.4 Å². The topological polar surface area (TPSA) is 32.6 Å². The van der Waals surface area contributed by atoms with Gasteiger partial charge in [-0.25, -0.2) is 0 Å². The van der Waals surface area contributed by atoms with Gasteiger partial charge in [0.2, 0.25) is 0 Å². The van der Waals surface area contributed by atoms with Crippen molar-refractivity contribution in [1.82, 2.24) is 0 Å². The Balaban J connectivity index is 2.41. The van der Waals surface area contributed by atoms with Gasteiger partial charge in [0.05, 0.1) is 5.71 Å². The molecule has 0 saturated heterocycles. The van der Waals surface area contributed by atoms with E-state index in [1.807, 2.05) is 37.3 Å². The summed E-state index contributed by atoms with van der Waals surface area (Å²) < 4.78 is 0. The third-order valence-corrected chi connectivity index (χ3v) is 2.72. The zero-order valence-corrected chi connectivity index (χ0v) is 9.80. The Kier molecular flexibility index (Phi) is 3.55. The SMILES string of the molecule is CC(Cc1ccccc1-c1ccccc1)=NO. The second-order valence-electron chi connectivity index (χ2n) is 4.04. The molecule has 1 N–H and O–H groups in total. The van der Waals surface area contributed by atoms with Crippen LogP contribution in [0.3, 0.4) is 0 Å². The monoisotopic (exact) mass is 225 g/mol. The highest BCUT2D eigenvalue weighted by Crippen LogP contribution is 2.23. The maximum absolute atomic E-state index is 8.75. The van der Waals surface area contributed by atoms with Crippen molar-refractivity contribution >= 4 is 5.71 Å². The number of hydrogen-bond acceptors (Lipinski definition) is 2. The fourth-order valence-electron chi connectivity index (χ4n) is 1.88. The average Bonchev–Trinajstić information content (AvgIpc) is 2.40. The van der Waals surface area contributed by atoms with Crippen molar-refractivity contribution < 1.29 is 5.21 Å². The minimum atomic E-state index is 0.668. The standard InChI is InChI=1S/C15H15NO/c1-12(16-17)11-14-9-5-6-10-15(14)13-7-3-2-4-8-13/h2-10,17H,11H2,1H3. The summed E-state index contributed by atoms with van der Waals surface area (Å²) in [5.74, 6) is 0. The molecule has 0 aliphatic heterocycles. The summed E-state index contributed by atoms with van der Waals surface area (Å²) in [6.07, 6.45) is 0.668. The van der Waals surface area contributed by atoms with Crippen molar-refractivity contribution in [2.24, 2.45) is 5.16 Å². The van der Waals surface area contributed by atoms with E-state index in [4.69, 9.17) is 5.21 Å². The Morgan fingerprint density at radius 2 is 1.65 bits per heavy atom. The van der Waals surface area contributed by atoms with Crippen molar-refractivity contribution in [3.63, 3.8) is 0 Å². The third kappa shape index (κ3) is 2.72. The third-order valence-electron chi connectivity index (χ3n) is 2.72. The fourth-order valence-corrected chi connectivity index (χ4v) is 1.88. The molecule has 0 unspecified atom stereocenters. The first-order valence-electron chi connectivity index (χ1n) is 5.62. The van der Waals surface area contributed by atoms with Crippen LogP contribution in [0.1, 0.15) is 12.5 Å². The van der Waals surface area contributed by atoms with E-state index < -0.39 is 0 Å². The van der Waals surface area contributed by atoms with Crippen LogP contribution >= 0.6 is 0 Å². The maximum Gasteiger partial charge on any atom is 0.0583 e. The minimum Gasteiger partial charge on any atom is -0.411 e. The van der Waals surface area contributed by atoms with Crippen LogP contribution in [-0.2, 0) is 6.42 Å². The zero-order chi connectivity index (χ0) is 12.1. The summed E-state index contributed by atoms with van der Waals surface area (Å²) in [7, 11) is 0. The predicted molar refractivity (Wildman–Crippen MR) is 70.5 cm³/mol. The molecule has 2 aromatic carbocycles. The Bertz CT molecular complexity index is 517. The predicted octanol–water partition coefficient (Wildman–Crippen LogP) is 3.75. The molecule has 0 aliphatic rings. The molecule has 0 aromatic heterocycles. The fraction of sp³-hybridized carbons (Fsp3) is 0.133. The first kappa shape index (κ1) is 11.4. The summed E-state index contributed by atoms with van der Waals surface area (Å²) in [4.78, 5) is 0. The molecule has 0 aliphatic carbocycles. The van der Waals surface area contributed by atoms with Crippen molar-refractivity contribution in [2.75, 3.05) is 0 Å². The lowest BCUT2D eigenvalue weighted by atomic mass is 9.96. The molecule has 0 heterocycles. The summed E-state index contributed by atoms with van der Waals surface area (Å²) in [6.45, 7) is 1.82. The molecule has 0 radical (unpaired) electrons. The van der Waals surface area contributed by atoms with Gasteiger partial charge in [-0.15, -0.1) is 0 Å². The first-order chi connectivity index (χ1) is 8.31. The van der Waals surface area contributed by atoms with Crippen molar-refractivity contribution in [1.29, 1.82) is 0 Å². The molecule has 0 spiro atoms. The first-order valence-corrected chi connectivity index (χ1v) is 5.62. The quantitative estimate of drug-likeness (QED) is 0.481. The molecule has 17 heavy (non-hydrogen) atoms. The lowest BCUT2D eigenvalue weighted by Crippen LogP contribution is -1.99. The van der Waals surface area contributed by atoms with Crippen LogP contribution in [0.4, 0.5) is 0 Å². The van der Waals surface area contributed by atoms with Crippen LogP contribution in [0.5, 0.6) is 0 Å². The largest absolute Gasteiger partial charge is 0.411 e. The number of rotatable bonds is 3. The molecule has 0 bridgehead atoms. The van der Waals surface area contributed by atoms with Gasteiger partial charge in [-0.05, 0) is 23.6 Å². The smallest absolute Gasteiger partial charge is 0.0583 e. The van der Waals surface area contributed by atoms with Gasteiger partial charge in [0, 0.05) is 6.42 Å². The van der Waals surface area contributed by atoms with Gasteiger partial charge >= 0.3 is 0 Å². The summed E-state index contributed by atoms with van der Waals surface area (Å²) >= 11 is 0. The molecule has 0 amide bonds. The van der Waals surface area contributed by atoms with Gasteiger partial charge in [-0.2, -0.15) is 0 Å². The molecule has 2 heteroatoms. The van der Waals surface area contributed by atoms with Crippen LogP contribution in [0.15, 0.2) is 59.8 Å². The van der Waals surface area contributed by atoms with Crippen molar-refractivity contribution in [2.45, 2.75) is 13.3 Å². The Hall–Kier alpha value is -2.09. The molecule has 2 aromatic rings. The lowest BCUT2D eigenvalue weighted by Gasteiger charge is -2.08. The lowest BCUT2D eigenvalue weighted by molar-refractivity contribution is 0.317. The summed E-state index contributed by atoms with van der Waals surface area (Å²) in [6, 6.07) is 18.4. The van der Waals surface area contributed by atoms with E-state index in [1.54, 1.807) is 0 Å². The maximum atomic E-state index is 8.75. The minimum absolute atomic E-state index is 0.668. The van der Waals surface area contributed by atoms with Crippen molar-refractivity contribution in [3.8, 4) is 11.1 Å². The van der Waals surface area contributed by atoms with Gasteiger partial charge < -0.3 is 5.21 Å². The van der Waals surface area contributed by atoms with Gasteiger partial charge in [0.25, 0.3) is 0 Å². The zero-order valence-electron chi connectivity index (χ0n) is 9.80. The van der Waals surface area contributed by atoms with E-state index >= 15 is 0 Å². The number of oxime groups is 1. The molecule has 0 atom stereocenters. The van der Waals surface area contributed by atoms with E-state index in [-0.39, 0.29) is 0 Å². The Morgan fingerprint density at radius 1 is 1.00 bits per heavy atom. The van der Waals surface area contributed by atoms with Gasteiger partial charge in [-0.1, -0.05) is 59.8 Å².